The maximum Gasteiger partial charge on any atom is 0.151 e. The predicted octanol–water partition coefficient (Wildman–Crippen LogP) is 0.969. The fourth-order valence-electron chi connectivity index (χ4n) is 1.56. The summed E-state index contributed by atoms with van der Waals surface area (Å²) in [5.41, 5.74) is 0.875. The van der Waals surface area contributed by atoms with Gasteiger partial charge in [0, 0.05) is 6.42 Å². The summed E-state index contributed by atoms with van der Waals surface area (Å²) < 4.78 is 1.64. The monoisotopic (exact) mass is 218 g/mol. The van der Waals surface area contributed by atoms with Crippen molar-refractivity contribution in [3.63, 3.8) is 0 Å². The summed E-state index contributed by atoms with van der Waals surface area (Å²) in [5, 5.41) is 21.3. The van der Waals surface area contributed by atoms with E-state index in [-0.39, 0.29) is 0 Å². The van der Waals surface area contributed by atoms with E-state index in [9.17, 15) is 5.11 Å². The minimum atomic E-state index is -0.574. The van der Waals surface area contributed by atoms with E-state index in [2.05, 4.69) is 15.5 Å². The molecule has 0 radical (unpaired) electrons. The van der Waals surface area contributed by atoms with Crippen LogP contribution >= 0.6 is 0 Å². The van der Waals surface area contributed by atoms with Crippen molar-refractivity contribution in [2.24, 2.45) is 0 Å². The molecular weight excluding hydrogens is 204 g/mol. The molecule has 0 fully saturated rings. The van der Waals surface area contributed by atoms with Crippen LogP contribution in [0.25, 0.3) is 0 Å². The zero-order valence-electron chi connectivity index (χ0n) is 9.11. The van der Waals surface area contributed by atoms with E-state index in [1.807, 2.05) is 37.3 Å². The van der Waals surface area contributed by atoms with Gasteiger partial charge in [0.15, 0.2) is 5.82 Å². The van der Waals surface area contributed by atoms with Gasteiger partial charge in [-0.05, 0) is 16.0 Å². The van der Waals surface area contributed by atoms with E-state index in [4.69, 9.17) is 0 Å². The minimum Gasteiger partial charge on any atom is -0.386 e. The van der Waals surface area contributed by atoms with E-state index in [0.717, 1.165) is 17.8 Å². The van der Waals surface area contributed by atoms with Crippen LogP contribution in [0.4, 0.5) is 0 Å². The Bertz CT molecular complexity index is 440. The smallest absolute Gasteiger partial charge is 0.151 e. The van der Waals surface area contributed by atoms with Gasteiger partial charge in [0.2, 0.25) is 0 Å². The van der Waals surface area contributed by atoms with E-state index in [1.165, 1.54) is 0 Å². The van der Waals surface area contributed by atoms with Gasteiger partial charge in [0.05, 0.1) is 12.6 Å². The summed E-state index contributed by atoms with van der Waals surface area (Å²) in [4.78, 5) is 0. The van der Waals surface area contributed by atoms with Crippen molar-refractivity contribution in [2.75, 3.05) is 0 Å². The number of benzene rings is 1. The minimum absolute atomic E-state index is 0.389. The summed E-state index contributed by atoms with van der Waals surface area (Å²) in [6.07, 6.45) is 0.184. The van der Waals surface area contributed by atoms with Gasteiger partial charge in [0.25, 0.3) is 0 Å². The molecule has 0 aliphatic rings. The molecule has 0 spiro atoms. The lowest BCUT2D eigenvalue weighted by atomic mass is 10.1. The third-order valence-electron chi connectivity index (χ3n) is 2.45. The molecule has 5 nitrogen and oxygen atoms in total. The Morgan fingerprint density at radius 2 is 2.06 bits per heavy atom. The molecule has 0 aliphatic carbocycles. The number of aliphatic hydroxyl groups is 1. The topological polar surface area (TPSA) is 63.8 Å². The Balaban J connectivity index is 2.11. The Kier molecular flexibility index (Phi) is 3.26. The second kappa shape index (κ2) is 4.85. The van der Waals surface area contributed by atoms with Crippen LogP contribution in [0.1, 0.15) is 24.4 Å². The maximum atomic E-state index is 10.00. The van der Waals surface area contributed by atoms with E-state index in [0.29, 0.717) is 6.54 Å². The van der Waals surface area contributed by atoms with Gasteiger partial charge in [-0.2, -0.15) is 0 Å². The predicted molar refractivity (Wildman–Crippen MR) is 58.6 cm³/mol. The van der Waals surface area contributed by atoms with E-state index >= 15 is 0 Å². The molecule has 2 aromatic rings. The second-order valence-electron chi connectivity index (χ2n) is 3.56. The average molecular weight is 218 g/mol. The highest BCUT2D eigenvalue weighted by Gasteiger charge is 2.11. The van der Waals surface area contributed by atoms with Crippen molar-refractivity contribution >= 4 is 0 Å². The van der Waals surface area contributed by atoms with Crippen LogP contribution in [0, 0.1) is 0 Å². The number of aryl methyl sites for hydroxylation is 1. The van der Waals surface area contributed by atoms with Crippen molar-refractivity contribution in [1.29, 1.82) is 0 Å². The highest BCUT2D eigenvalue weighted by atomic mass is 16.3. The second-order valence-corrected chi connectivity index (χ2v) is 3.56. The molecule has 1 atom stereocenters. The Hall–Kier alpha value is -1.75. The van der Waals surface area contributed by atoms with Crippen molar-refractivity contribution in [1.82, 2.24) is 20.2 Å². The molecule has 0 saturated heterocycles. The lowest BCUT2D eigenvalue weighted by molar-refractivity contribution is 0.149. The standard InChI is InChI=1S/C11H14N4O/c1-2-11-12-13-14-15(11)8-10(16)9-6-4-3-5-7-9/h3-7,10,16H,2,8H2,1H3. The van der Waals surface area contributed by atoms with Gasteiger partial charge in [-0.25, -0.2) is 4.68 Å². The molecule has 1 N–H and O–H groups in total. The molecule has 16 heavy (non-hydrogen) atoms. The fourth-order valence-corrected chi connectivity index (χ4v) is 1.56. The molecule has 0 bridgehead atoms. The number of hydrogen-bond acceptors (Lipinski definition) is 4. The summed E-state index contributed by atoms with van der Waals surface area (Å²) in [6.45, 7) is 2.37. The molecule has 1 aromatic carbocycles. The van der Waals surface area contributed by atoms with Gasteiger partial charge in [0.1, 0.15) is 0 Å². The number of aliphatic hydroxyl groups excluding tert-OH is 1. The molecule has 1 aromatic heterocycles. The Morgan fingerprint density at radius 1 is 1.31 bits per heavy atom. The zero-order chi connectivity index (χ0) is 11.4. The van der Waals surface area contributed by atoms with Gasteiger partial charge in [-0.3, -0.25) is 0 Å². The number of rotatable bonds is 4. The van der Waals surface area contributed by atoms with Crippen LogP contribution in [0.15, 0.2) is 30.3 Å². The molecule has 2 rings (SSSR count). The molecule has 0 saturated carbocycles. The lowest BCUT2D eigenvalue weighted by Gasteiger charge is -2.11. The van der Waals surface area contributed by atoms with E-state index < -0.39 is 6.10 Å². The molecule has 84 valence electrons. The first-order chi connectivity index (χ1) is 7.81. The number of tetrazole rings is 1. The van der Waals surface area contributed by atoms with Crippen molar-refractivity contribution in [2.45, 2.75) is 26.0 Å². The fraction of sp³-hybridized carbons (Fsp3) is 0.364. The molecular formula is C11H14N4O. The van der Waals surface area contributed by atoms with Crippen molar-refractivity contribution in [3.05, 3.63) is 41.7 Å². The first kappa shape index (κ1) is 10.8. The third kappa shape index (κ3) is 2.25. The average Bonchev–Trinajstić information content (AvgIpc) is 2.77. The molecule has 5 heteroatoms. The molecule has 0 aliphatic heterocycles. The Morgan fingerprint density at radius 3 is 2.75 bits per heavy atom. The quantitative estimate of drug-likeness (QED) is 0.830. The maximum absolute atomic E-state index is 10.00. The highest BCUT2D eigenvalue weighted by Crippen LogP contribution is 2.14. The number of nitrogens with zero attached hydrogens (tertiary/aromatic N) is 4. The summed E-state index contributed by atoms with van der Waals surface area (Å²) in [6, 6.07) is 9.50. The van der Waals surface area contributed by atoms with E-state index in [1.54, 1.807) is 4.68 Å². The Labute approximate surface area is 93.7 Å². The van der Waals surface area contributed by atoms with Crippen LogP contribution < -0.4 is 0 Å². The van der Waals surface area contributed by atoms with Crippen LogP contribution in [-0.4, -0.2) is 25.3 Å². The van der Waals surface area contributed by atoms with Gasteiger partial charge in [-0.1, -0.05) is 37.3 Å². The summed E-state index contributed by atoms with van der Waals surface area (Å²) in [7, 11) is 0. The summed E-state index contributed by atoms with van der Waals surface area (Å²) >= 11 is 0. The SMILES string of the molecule is CCc1nnnn1CC(O)c1ccccc1. The van der Waals surface area contributed by atoms with Gasteiger partial charge >= 0.3 is 0 Å². The van der Waals surface area contributed by atoms with Crippen molar-refractivity contribution in [3.8, 4) is 0 Å². The van der Waals surface area contributed by atoms with Gasteiger partial charge < -0.3 is 5.11 Å². The van der Waals surface area contributed by atoms with Crippen LogP contribution in [0.3, 0.4) is 0 Å². The van der Waals surface area contributed by atoms with Crippen LogP contribution in [0.5, 0.6) is 0 Å². The normalized spacial score (nSPS) is 12.6. The number of aromatic nitrogens is 4. The number of hydrogen-bond donors (Lipinski definition) is 1. The summed E-state index contributed by atoms with van der Waals surface area (Å²) in [5.74, 6) is 0.787. The highest BCUT2D eigenvalue weighted by molar-refractivity contribution is 5.17. The molecule has 0 amide bonds. The van der Waals surface area contributed by atoms with Crippen molar-refractivity contribution < 1.29 is 5.11 Å². The largest absolute Gasteiger partial charge is 0.386 e. The molecule has 1 unspecified atom stereocenters. The van der Waals surface area contributed by atoms with Gasteiger partial charge in [-0.15, -0.1) is 5.10 Å². The van der Waals surface area contributed by atoms with Crippen LogP contribution in [-0.2, 0) is 13.0 Å². The first-order valence-electron chi connectivity index (χ1n) is 5.29. The first-order valence-corrected chi connectivity index (χ1v) is 5.29. The van der Waals surface area contributed by atoms with Crippen LogP contribution in [0.2, 0.25) is 0 Å². The lowest BCUT2D eigenvalue weighted by Crippen LogP contribution is -2.12. The molecule has 1 heterocycles. The zero-order valence-corrected chi connectivity index (χ0v) is 9.11. The third-order valence-corrected chi connectivity index (χ3v) is 2.45.